The highest BCUT2D eigenvalue weighted by Gasteiger charge is 1.87. The summed E-state index contributed by atoms with van der Waals surface area (Å²) in [7, 11) is 0. The molecule has 0 fully saturated rings. The second-order valence-corrected chi connectivity index (χ2v) is 3.85. The Morgan fingerprint density at radius 3 is 1.67 bits per heavy atom. The molecule has 0 N–H and O–H groups in total. The van der Waals surface area contributed by atoms with Crippen LogP contribution in [0.4, 0.5) is 0 Å². The van der Waals surface area contributed by atoms with Gasteiger partial charge in [0, 0.05) is 19.6 Å². The molecule has 0 aliphatic carbocycles. The van der Waals surface area contributed by atoms with E-state index < -0.39 is 0 Å². The largest absolute Gasteiger partial charge is 0.381 e. The van der Waals surface area contributed by atoms with E-state index in [1.54, 1.807) is 0 Å². The van der Waals surface area contributed by atoms with Gasteiger partial charge in [0.15, 0.2) is 0 Å². The molecule has 0 aromatic heterocycles. The topological polar surface area (TPSA) is 26.3 Å². The number of unbranched alkanes of at least 4 members (excludes halogenated alkanes) is 2. The first kappa shape index (κ1) is 17.3. The van der Waals surface area contributed by atoms with Crippen LogP contribution in [0, 0.1) is 0 Å². The lowest BCUT2D eigenvalue weighted by molar-refractivity contribution is -0.111. The molecule has 0 aliphatic heterocycles. The first-order valence-corrected chi connectivity index (χ1v) is 6.32. The van der Waals surface area contributed by atoms with Gasteiger partial charge in [-0.3, -0.25) is 4.79 Å². The summed E-state index contributed by atoms with van der Waals surface area (Å²) in [5, 5.41) is -0.238. The van der Waals surface area contributed by atoms with Crippen LogP contribution >= 0.6 is 11.6 Å². The average molecular weight is 237 g/mol. The van der Waals surface area contributed by atoms with Crippen LogP contribution in [0.2, 0.25) is 0 Å². The van der Waals surface area contributed by atoms with Gasteiger partial charge in [0.05, 0.1) is 0 Å². The quantitative estimate of drug-likeness (QED) is 0.467. The van der Waals surface area contributed by atoms with Crippen LogP contribution in [0.15, 0.2) is 0 Å². The van der Waals surface area contributed by atoms with E-state index in [-0.39, 0.29) is 5.24 Å². The van der Waals surface area contributed by atoms with E-state index in [1.165, 1.54) is 25.7 Å². The molecular weight excluding hydrogens is 212 g/mol. The maximum Gasteiger partial charge on any atom is 0.221 e. The Bertz CT molecular complexity index is 121. The molecule has 0 saturated carbocycles. The van der Waals surface area contributed by atoms with Crippen molar-refractivity contribution in [3.05, 3.63) is 0 Å². The summed E-state index contributed by atoms with van der Waals surface area (Å²) < 4.78 is 5.31. The zero-order chi connectivity index (χ0) is 11.9. The van der Waals surface area contributed by atoms with Gasteiger partial charge >= 0.3 is 0 Å². The highest BCUT2D eigenvalue weighted by atomic mass is 35.5. The average Bonchev–Trinajstić information content (AvgIpc) is 2.18. The van der Waals surface area contributed by atoms with Crippen LogP contribution in [-0.2, 0) is 9.53 Å². The summed E-state index contributed by atoms with van der Waals surface area (Å²) in [6, 6.07) is 0. The minimum absolute atomic E-state index is 0.238. The molecule has 0 amide bonds. The predicted molar refractivity (Wildman–Crippen MR) is 66.4 cm³/mol. The van der Waals surface area contributed by atoms with Crippen LogP contribution in [0.25, 0.3) is 0 Å². The molecule has 0 aromatic carbocycles. The molecule has 0 aromatic rings. The van der Waals surface area contributed by atoms with Gasteiger partial charge in [0.1, 0.15) is 0 Å². The standard InChI is InChI=1S/C8H18O.C4H7ClO/c1-3-5-7-9-8-6-4-2;1-2-3-4(5)6/h3-8H2,1-2H3;2-3H2,1H3. The van der Waals surface area contributed by atoms with E-state index in [0.717, 1.165) is 19.6 Å². The molecule has 3 heteroatoms. The third-order valence-corrected chi connectivity index (χ3v) is 1.92. The molecule has 0 unspecified atom stereocenters. The highest BCUT2D eigenvalue weighted by molar-refractivity contribution is 6.63. The third kappa shape index (κ3) is 24.9. The lowest BCUT2D eigenvalue weighted by Gasteiger charge is -1.99. The summed E-state index contributed by atoms with van der Waals surface area (Å²) in [4.78, 5) is 9.81. The van der Waals surface area contributed by atoms with Crippen molar-refractivity contribution in [1.82, 2.24) is 0 Å². The molecule has 15 heavy (non-hydrogen) atoms. The number of carbonyl (C=O) groups excluding carboxylic acids is 1. The first-order valence-electron chi connectivity index (χ1n) is 5.95. The Balaban J connectivity index is 0. The normalized spacial score (nSPS) is 9.33. The first-order chi connectivity index (χ1) is 7.18. The second-order valence-electron chi connectivity index (χ2n) is 3.42. The van der Waals surface area contributed by atoms with Gasteiger partial charge in [-0.15, -0.1) is 0 Å². The molecule has 2 nitrogen and oxygen atoms in total. The fraction of sp³-hybridized carbons (Fsp3) is 0.917. The molecule has 0 spiro atoms. The fourth-order valence-electron chi connectivity index (χ4n) is 0.791. The summed E-state index contributed by atoms with van der Waals surface area (Å²) >= 11 is 4.94. The van der Waals surface area contributed by atoms with Crippen molar-refractivity contribution in [3.8, 4) is 0 Å². The molecular formula is C12H25ClO2. The van der Waals surface area contributed by atoms with Gasteiger partial charge in [-0.1, -0.05) is 33.6 Å². The Morgan fingerprint density at radius 2 is 1.47 bits per heavy atom. The molecule has 0 bridgehead atoms. The Labute approximate surface area is 99.3 Å². The minimum Gasteiger partial charge on any atom is -0.381 e. The van der Waals surface area contributed by atoms with Gasteiger partial charge in [-0.2, -0.15) is 0 Å². The van der Waals surface area contributed by atoms with Gasteiger partial charge < -0.3 is 4.74 Å². The van der Waals surface area contributed by atoms with E-state index in [0.29, 0.717) is 6.42 Å². The van der Waals surface area contributed by atoms with Crippen molar-refractivity contribution in [3.63, 3.8) is 0 Å². The number of hydrogen-bond donors (Lipinski definition) is 0. The van der Waals surface area contributed by atoms with Crippen LogP contribution in [-0.4, -0.2) is 18.5 Å². The number of ether oxygens (including phenoxy) is 1. The van der Waals surface area contributed by atoms with Crippen molar-refractivity contribution < 1.29 is 9.53 Å². The third-order valence-electron chi connectivity index (χ3n) is 1.73. The molecule has 0 heterocycles. The summed E-state index contributed by atoms with van der Waals surface area (Å²) in [6.45, 7) is 8.19. The molecule has 0 saturated heterocycles. The number of halogens is 1. The number of hydrogen-bond acceptors (Lipinski definition) is 2. The SMILES string of the molecule is CCCC(=O)Cl.CCCCOCCCC. The van der Waals surface area contributed by atoms with Gasteiger partial charge in [0.25, 0.3) is 0 Å². The summed E-state index contributed by atoms with van der Waals surface area (Å²) in [6.07, 6.45) is 6.26. The van der Waals surface area contributed by atoms with Crippen LogP contribution in [0.5, 0.6) is 0 Å². The van der Waals surface area contributed by atoms with Crippen molar-refractivity contribution in [2.75, 3.05) is 13.2 Å². The van der Waals surface area contributed by atoms with E-state index in [9.17, 15) is 4.79 Å². The Morgan fingerprint density at radius 1 is 1.00 bits per heavy atom. The Hall–Kier alpha value is -0.0800. The molecule has 0 rings (SSSR count). The van der Waals surface area contributed by atoms with Crippen molar-refractivity contribution in [2.45, 2.75) is 59.3 Å². The maximum absolute atomic E-state index is 9.81. The lowest BCUT2D eigenvalue weighted by atomic mass is 10.3. The summed E-state index contributed by atoms with van der Waals surface area (Å²) in [5.74, 6) is 0. The lowest BCUT2D eigenvalue weighted by Crippen LogP contribution is -1.95. The number of carbonyl (C=O) groups is 1. The van der Waals surface area contributed by atoms with Crippen LogP contribution in [0.1, 0.15) is 59.3 Å². The van der Waals surface area contributed by atoms with Crippen molar-refractivity contribution in [1.29, 1.82) is 0 Å². The van der Waals surface area contributed by atoms with E-state index >= 15 is 0 Å². The molecule has 0 aliphatic rings. The smallest absolute Gasteiger partial charge is 0.221 e. The zero-order valence-corrected chi connectivity index (χ0v) is 11.1. The van der Waals surface area contributed by atoms with Gasteiger partial charge in [-0.25, -0.2) is 0 Å². The maximum atomic E-state index is 9.81. The molecule has 0 atom stereocenters. The zero-order valence-electron chi connectivity index (χ0n) is 10.4. The Kier molecular flexibility index (Phi) is 18.9. The second kappa shape index (κ2) is 16.4. The summed E-state index contributed by atoms with van der Waals surface area (Å²) in [5.41, 5.74) is 0. The van der Waals surface area contributed by atoms with E-state index in [1.807, 2.05) is 6.92 Å². The van der Waals surface area contributed by atoms with Gasteiger partial charge in [0.2, 0.25) is 5.24 Å². The van der Waals surface area contributed by atoms with Gasteiger partial charge in [-0.05, 0) is 30.9 Å². The predicted octanol–water partition coefficient (Wildman–Crippen LogP) is 4.16. The van der Waals surface area contributed by atoms with E-state index in [2.05, 4.69) is 13.8 Å². The fourth-order valence-corrected chi connectivity index (χ4v) is 0.980. The minimum atomic E-state index is -0.238. The van der Waals surface area contributed by atoms with Crippen LogP contribution in [0.3, 0.4) is 0 Å². The van der Waals surface area contributed by atoms with Crippen LogP contribution < -0.4 is 0 Å². The van der Waals surface area contributed by atoms with Crippen molar-refractivity contribution in [2.24, 2.45) is 0 Å². The van der Waals surface area contributed by atoms with Crippen molar-refractivity contribution >= 4 is 16.8 Å². The molecule has 92 valence electrons. The number of rotatable bonds is 8. The van der Waals surface area contributed by atoms with E-state index in [4.69, 9.17) is 16.3 Å². The molecule has 0 radical (unpaired) electrons. The monoisotopic (exact) mass is 236 g/mol. The highest BCUT2D eigenvalue weighted by Crippen LogP contribution is 1.91.